The molecular formula is C25H28N4O5S. The first-order valence-corrected chi connectivity index (χ1v) is 13.0. The molecule has 35 heavy (non-hydrogen) atoms. The van der Waals surface area contributed by atoms with Crippen molar-refractivity contribution in [1.29, 1.82) is 0 Å². The highest BCUT2D eigenvalue weighted by atomic mass is 32.2. The molecule has 1 aliphatic heterocycles. The number of carbonyl (C=O) groups is 2. The molecule has 0 saturated heterocycles. The molecule has 0 atom stereocenters. The van der Waals surface area contributed by atoms with E-state index in [9.17, 15) is 18.0 Å². The summed E-state index contributed by atoms with van der Waals surface area (Å²) >= 11 is 0. The number of methoxy groups -OCH3 is 1. The minimum atomic E-state index is -4.02. The van der Waals surface area contributed by atoms with E-state index >= 15 is 0 Å². The average molecular weight is 497 g/mol. The molecule has 2 heterocycles. The van der Waals surface area contributed by atoms with Crippen LogP contribution in [0.1, 0.15) is 49.2 Å². The predicted molar refractivity (Wildman–Crippen MR) is 133 cm³/mol. The molecule has 3 aromatic rings. The molecule has 0 bridgehead atoms. The number of aryl methyl sites for hydroxylation is 2. The van der Waals surface area contributed by atoms with Crippen molar-refractivity contribution in [2.75, 3.05) is 17.1 Å². The zero-order valence-corrected chi connectivity index (χ0v) is 20.7. The lowest BCUT2D eigenvalue weighted by atomic mass is 10.0. The first-order valence-electron chi connectivity index (χ1n) is 11.5. The zero-order chi connectivity index (χ0) is 25.2. The van der Waals surface area contributed by atoms with Crippen LogP contribution in [0.3, 0.4) is 0 Å². The number of hydrogen-bond acceptors (Lipinski definition) is 6. The summed E-state index contributed by atoms with van der Waals surface area (Å²) in [6.07, 6.45) is 2.26. The first-order chi connectivity index (χ1) is 16.8. The minimum absolute atomic E-state index is 0.0501. The molecular weight excluding hydrogens is 468 g/mol. The van der Waals surface area contributed by atoms with Gasteiger partial charge in [0.05, 0.1) is 12.8 Å². The molecule has 1 amide bonds. The maximum atomic E-state index is 13.4. The number of carbonyl (C=O) groups excluding carboxylic acids is 2. The quantitative estimate of drug-likeness (QED) is 0.481. The van der Waals surface area contributed by atoms with Gasteiger partial charge in [-0.3, -0.25) is 14.3 Å². The Kier molecular flexibility index (Phi) is 6.93. The number of rotatable bonds is 8. The van der Waals surface area contributed by atoms with E-state index in [1.807, 2.05) is 26.0 Å². The Morgan fingerprint density at radius 1 is 1.09 bits per heavy atom. The molecule has 4 rings (SSSR count). The van der Waals surface area contributed by atoms with Gasteiger partial charge in [0.15, 0.2) is 0 Å². The molecule has 2 N–H and O–H groups in total. The van der Waals surface area contributed by atoms with Crippen LogP contribution >= 0.6 is 0 Å². The van der Waals surface area contributed by atoms with E-state index in [1.165, 1.54) is 17.9 Å². The van der Waals surface area contributed by atoms with Crippen LogP contribution in [-0.2, 0) is 27.7 Å². The van der Waals surface area contributed by atoms with Gasteiger partial charge in [-0.25, -0.2) is 8.42 Å². The Morgan fingerprint density at radius 3 is 2.49 bits per heavy atom. The number of fused-ring (bicyclic) bond motifs is 1. The third-order valence-electron chi connectivity index (χ3n) is 5.86. The van der Waals surface area contributed by atoms with Crippen molar-refractivity contribution in [2.45, 2.75) is 50.8 Å². The average Bonchev–Trinajstić information content (AvgIpc) is 3.13. The molecule has 9 nitrogen and oxygen atoms in total. The molecule has 2 aromatic carbocycles. The topological polar surface area (TPSA) is 119 Å². The second kappa shape index (κ2) is 9.91. The van der Waals surface area contributed by atoms with Gasteiger partial charge in [-0.15, -0.1) is 0 Å². The van der Waals surface area contributed by atoms with E-state index in [2.05, 4.69) is 15.1 Å². The smallest absolute Gasteiger partial charge is 0.265 e. The predicted octanol–water partition coefficient (Wildman–Crippen LogP) is 4.25. The molecule has 1 aliphatic rings. The number of amides is 1. The van der Waals surface area contributed by atoms with Gasteiger partial charge in [0.2, 0.25) is 11.8 Å². The summed E-state index contributed by atoms with van der Waals surface area (Å²) in [5.41, 5.74) is 3.16. The highest BCUT2D eigenvalue weighted by molar-refractivity contribution is 7.92. The maximum absolute atomic E-state index is 13.4. The fourth-order valence-electron chi connectivity index (χ4n) is 4.06. The zero-order valence-electron chi connectivity index (χ0n) is 19.9. The van der Waals surface area contributed by atoms with Gasteiger partial charge in [-0.2, -0.15) is 9.78 Å². The summed E-state index contributed by atoms with van der Waals surface area (Å²) in [7, 11) is -2.62. The number of nitrogens with zero attached hydrogens (tertiary/aromatic N) is 2. The van der Waals surface area contributed by atoms with Crippen molar-refractivity contribution in [2.24, 2.45) is 0 Å². The van der Waals surface area contributed by atoms with Gasteiger partial charge >= 0.3 is 0 Å². The van der Waals surface area contributed by atoms with Crippen LogP contribution < -0.4 is 14.8 Å². The van der Waals surface area contributed by atoms with Crippen LogP contribution in [0.4, 0.5) is 11.5 Å². The fraction of sp³-hybridized carbons (Fsp3) is 0.320. The molecule has 0 fully saturated rings. The van der Waals surface area contributed by atoms with E-state index in [4.69, 9.17) is 4.74 Å². The van der Waals surface area contributed by atoms with Gasteiger partial charge in [0, 0.05) is 24.1 Å². The minimum Gasteiger partial charge on any atom is -0.495 e. The normalized spacial score (nSPS) is 13.7. The van der Waals surface area contributed by atoms with Crippen LogP contribution in [0.5, 0.6) is 5.75 Å². The second-order valence-corrected chi connectivity index (χ2v) is 9.95. The van der Waals surface area contributed by atoms with E-state index in [0.717, 1.165) is 18.4 Å². The monoisotopic (exact) mass is 496 g/mol. The third kappa shape index (κ3) is 4.93. The van der Waals surface area contributed by atoms with E-state index in [-0.39, 0.29) is 41.1 Å². The van der Waals surface area contributed by atoms with Crippen LogP contribution in [-0.4, -0.2) is 37.1 Å². The van der Waals surface area contributed by atoms with Crippen molar-refractivity contribution in [3.05, 3.63) is 53.7 Å². The van der Waals surface area contributed by atoms with E-state index in [1.54, 1.807) is 24.3 Å². The largest absolute Gasteiger partial charge is 0.495 e. The lowest BCUT2D eigenvalue weighted by Gasteiger charge is -2.14. The molecule has 184 valence electrons. The molecule has 0 spiro atoms. The first kappa shape index (κ1) is 24.5. The molecule has 0 unspecified atom stereocenters. The Labute approximate surface area is 204 Å². The van der Waals surface area contributed by atoms with E-state index in [0.29, 0.717) is 28.9 Å². The van der Waals surface area contributed by atoms with Crippen molar-refractivity contribution in [3.63, 3.8) is 0 Å². The summed E-state index contributed by atoms with van der Waals surface area (Å²) in [6.45, 7) is 4.00. The highest BCUT2D eigenvalue weighted by Crippen LogP contribution is 2.38. The van der Waals surface area contributed by atoms with Gasteiger partial charge in [-0.05, 0) is 48.2 Å². The lowest BCUT2D eigenvalue weighted by Crippen LogP contribution is -2.14. The van der Waals surface area contributed by atoms with Gasteiger partial charge in [0.25, 0.3) is 10.0 Å². The summed E-state index contributed by atoms with van der Waals surface area (Å²) in [5, 5.41) is 7.25. The van der Waals surface area contributed by atoms with Gasteiger partial charge < -0.3 is 10.1 Å². The Morgan fingerprint density at radius 2 is 1.83 bits per heavy atom. The van der Waals surface area contributed by atoms with Crippen LogP contribution in [0.2, 0.25) is 0 Å². The molecule has 1 aromatic heterocycles. The number of anilines is 2. The summed E-state index contributed by atoms with van der Waals surface area (Å²) in [5.74, 6) is -0.153. The SMILES string of the molecule is CCCc1nn2c(c1-c1ccc(OC)c(S(=O)(=O)Nc3ccc(CC)cc3)c1)NC(=O)CCC2=O. The standard InChI is InChI=1S/C25H28N4O5S/c1-4-6-19-24(25-26-22(30)13-14-23(31)29(25)27-19)17-9-12-20(34-3)21(15-17)35(32,33)28-18-10-7-16(5-2)8-11-18/h7-12,15,28H,4-6,13-14H2,1-3H3,(H,26,30). The Hall–Kier alpha value is -3.66. The third-order valence-corrected chi connectivity index (χ3v) is 7.26. The summed E-state index contributed by atoms with van der Waals surface area (Å²) in [6, 6.07) is 11.9. The van der Waals surface area contributed by atoms with Crippen LogP contribution in [0.15, 0.2) is 47.4 Å². The highest BCUT2D eigenvalue weighted by Gasteiger charge is 2.29. The molecule has 0 radical (unpaired) electrons. The number of benzene rings is 2. The van der Waals surface area contributed by atoms with E-state index < -0.39 is 10.0 Å². The fourth-order valence-corrected chi connectivity index (χ4v) is 5.31. The summed E-state index contributed by atoms with van der Waals surface area (Å²) < 4.78 is 35.9. The molecule has 10 heteroatoms. The van der Waals surface area contributed by atoms with Crippen molar-refractivity contribution in [3.8, 4) is 16.9 Å². The maximum Gasteiger partial charge on any atom is 0.265 e. The lowest BCUT2D eigenvalue weighted by molar-refractivity contribution is -0.116. The van der Waals surface area contributed by atoms with Crippen molar-refractivity contribution >= 4 is 33.3 Å². The van der Waals surface area contributed by atoms with Gasteiger partial charge in [0.1, 0.15) is 16.5 Å². The number of ether oxygens (including phenoxy) is 1. The van der Waals surface area contributed by atoms with Crippen LogP contribution in [0.25, 0.3) is 11.1 Å². The van der Waals surface area contributed by atoms with Gasteiger partial charge in [-0.1, -0.05) is 38.5 Å². The number of sulfonamides is 1. The summed E-state index contributed by atoms with van der Waals surface area (Å²) in [4.78, 5) is 24.8. The Balaban J connectivity index is 1.83. The number of aromatic nitrogens is 2. The van der Waals surface area contributed by atoms with Crippen molar-refractivity contribution in [1.82, 2.24) is 9.78 Å². The van der Waals surface area contributed by atoms with Crippen LogP contribution in [0, 0.1) is 0 Å². The van der Waals surface area contributed by atoms with Crippen molar-refractivity contribution < 1.29 is 22.7 Å². The molecule has 0 saturated carbocycles. The number of hydrogen-bond donors (Lipinski definition) is 2. The number of nitrogens with one attached hydrogen (secondary N) is 2. The second-order valence-electron chi connectivity index (χ2n) is 8.30. The Bertz CT molecular complexity index is 1380. The molecule has 0 aliphatic carbocycles.